The zero-order chi connectivity index (χ0) is 17.8. The molecule has 0 amide bonds. The molecule has 2 aromatic rings. The number of aliphatic carboxylic acids is 1. The fourth-order valence-electron chi connectivity index (χ4n) is 1.18. The molecule has 1 aromatic carbocycles. The van der Waals surface area contributed by atoms with Gasteiger partial charge < -0.3 is 30.3 Å². The van der Waals surface area contributed by atoms with E-state index >= 15 is 0 Å². The van der Waals surface area contributed by atoms with Crippen LogP contribution in [0.5, 0.6) is 0 Å². The molecule has 0 fully saturated rings. The second-order valence-electron chi connectivity index (χ2n) is 3.51. The largest absolute Gasteiger partial charge is 0.693 e. The molecule has 2 rings (SSSR count). The third kappa shape index (κ3) is 41.6. The maximum Gasteiger partial charge on any atom is -0.0623 e. The van der Waals surface area contributed by atoms with Gasteiger partial charge in [-0.15, -0.1) is 0 Å². The maximum absolute atomic E-state index is 10.2. The van der Waals surface area contributed by atoms with Crippen LogP contribution in [0.4, 0.5) is 0 Å². The van der Waals surface area contributed by atoms with E-state index in [-0.39, 0.29) is 46.8 Å². The first-order valence-electron chi connectivity index (χ1n) is 5.90. The van der Waals surface area contributed by atoms with Crippen LogP contribution in [0.25, 0.3) is 12.3 Å². The maximum atomic E-state index is 10.2. The molecule has 1 aromatic heterocycles. The van der Waals surface area contributed by atoms with Crippen molar-refractivity contribution in [1.29, 1.82) is 0 Å². The zero-order valence-electron chi connectivity index (χ0n) is 14.3. The predicted octanol–water partition coefficient (Wildman–Crippen LogP) is 6.60. The molecule has 0 saturated heterocycles. The topological polar surface area (TPSA) is 149 Å². The summed E-state index contributed by atoms with van der Waals surface area (Å²) in [5, 5.41) is 8.35. The van der Waals surface area contributed by atoms with Crippen LogP contribution in [0.15, 0.2) is 60.9 Å². The van der Waals surface area contributed by atoms with E-state index in [0.29, 0.717) is 6.42 Å². The number of carbonyl (C=O) groups is 1. The number of aromatic nitrogens is 1. The molecular weight excluding hydrogens is 708 g/mol. The van der Waals surface area contributed by atoms with Crippen LogP contribution in [0.1, 0.15) is 12.0 Å². The van der Waals surface area contributed by atoms with Gasteiger partial charge in [0.2, 0.25) is 0 Å². The van der Waals surface area contributed by atoms with Gasteiger partial charge in [-0.05, 0) is 18.1 Å². The first kappa shape index (κ1) is 41.5. The number of carboxylic acid groups (broad SMARTS) is 1. The van der Waals surface area contributed by atoms with Gasteiger partial charge >= 0.3 is 75.8 Å². The van der Waals surface area contributed by atoms with Crippen molar-refractivity contribution in [2.24, 2.45) is 0 Å². The second kappa shape index (κ2) is 37.0. The Balaban J connectivity index is -0.0000000598. The van der Waals surface area contributed by atoms with E-state index in [9.17, 15) is 4.79 Å². The van der Waals surface area contributed by atoms with Crippen molar-refractivity contribution >= 4 is 44.2 Å². The van der Waals surface area contributed by atoms with Gasteiger partial charge in [0.05, 0.1) is 0 Å². The Morgan fingerprint density at radius 1 is 1.04 bits per heavy atom. The summed E-state index contributed by atoms with van der Waals surface area (Å²) in [5.74, 6) is -0.770. The van der Waals surface area contributed by atoms with E-state index in [2.05, 4.69) is 4.98 Å². The minimum absolute atomic E-state index is 0. The molecule has 27 heavy (non-hydrogen) atoms. The minimum atomic E-state index is -0.770. The van der Waals surface area contributed by atoms with E-state index < -0.39 is 22.5 Å². The summed E-state index contributed by atoms with van der Waals surface area (Å²) >= 11 is -0.818. The smallest absolute Gasteiger partial charge is 0.0623 e. The monoisotopic (exact) mass is 731 g/mol. The predicted molar refractivity (Wildman–Crippen MR) is 111 cm³/mol. The number of carboxylic acids is 1. The van der Waals surface area contributed by atoms with Gasteiger partial charge in [-0.3, -0.25) is 9.78 Å². The van der Waals surface area contributed by atoms with Gasteiger partial charge in [0.1, 0.15) is 0 Å². The summed E-state index contributed by atoms with van der Waals surface area (Å²) in [6, 6.07) is 15.7. The molecule has 0 radical (unpaired) electrons. The molecule has 0 bridgehead atoms. The summed E-state index contributed by atoms with van der Waals surface area (Å²) in [5.41, 5.74) is 0.968. The van der Waals surface area contributed by atoms with Crippen molar-refractivity contribution in [2.75, 3.05) is 0 Å². The number of nitrogens with zero attached hydrogens (tertiary/aromatic N) is 1. The molecule has 0 aliphatic rings. The van der Waals surface area contributed by atoms with Crippen LogP contribution in [0.3, 0.4) is 0 Å². The molecule has 7 N–H and O–H groups in total. The third-order valence-corrected chi connectivity index (χ3v) is 2.02. The summed E-state index contributed by atoms with van der Waals surface area (Å²) < 4.78 is 0. The van der Waals surface area contributed by atoms with Gasteiger partial charge in [-0.2, -0.15) is 0 Å². The Morgan fingerprint density at radius 2 is 1.41 bits per heavy atom. The normalized spacial score (nSPS) is 7.26. The fraction of sp³-hybridized carbons (Fsp3) is 0.133. The van der Waals surface area contributed by atoms with Gasteiger partial charge in [-0.25, -0.2) is 0 Å². The Labute approximate surface area is 193 Å². The molecule has 0 aliphatic heterocycles. The molecule has 6 nitrogen and oxygen atoms in total. The van der Waals surface area contributed by atoms with Gasteiger partial charge in [0.25, 0.3) is 0 Å². The molecule has 0 spiro atoms. The van der Waals surface area contributed by atoms with Crippen LogP contribution < -0.4 is 0 Å². The fourth-order valence-corrected chi connectivity index (χ4v) is 1.18. The quantitative estimate of drug-likeness (QED) is 0.280. The number of benzene rings is 1. The third-order valence-electron chi connectivity index (χ3n) is 2.02. The average Bonchev–Trinajstić information content (AvgIpc) is 2.58. The van der Waals surface area contributed by atoms with Gasteiger partial charge in [-0.1, -0.05) is 42.5 Å². The van der Waals surface area contributed by atoms with Crippen LogP contribution in [-0.2, 0) is 42.8 Å². The van der Waals surface area contributed by atoms with E-state index in [4.69, 9.17) is 43.3 Å². The van der Waals surface area contributed by atoms with Crippen molar-refractivity contribution in [3.8, 4) is 0 Å². The molecular formula is C15H24Cl4N3O3PtRu-. The Kier molecular flexibility index (Phi) is 56.9. The summed E-state index contributed by atoms with van der Waals surface area (Å²) in [4.78, 5) is 14.0. The Morgan fingerprint density at radius 3 is 1.67 bits per heavy atom. The van der Waals surface area contributed by atoms with Gasteiger partial charge in [0.15, 0.2) is 0 Å². The Bertz CT molecular complexity index is 452. The first-order chi connectivity index (χ1) is 11.1. The standard InChI is InChI=1S/C8H9NO2.C6H6.CH3.4ClH.2H2N.H2O.Pt.Ru/c10-8(11)4-3-7-2-1-5-9-6-7;1-2-4-6-5-3-1;;;;;;;;;;/h1-2,5-6H,3-4H2,(H,10,11);1-6H;1H3;4*1H;3*1H2;;/q;;-1;;;;;2*-1;;+4;+2/p-4. The number of halogens is 4. The first-order valence-corrected chi connectivity index (χ1v) is 16.0. The summed E-state index contributed by atoms with van der Waals surface area (Å²) in [6.07, 6.45) is 4.09. The zero-order valence-corrected chi connectivity index (χ0v) is 21.4. The molecule has 12 heteroatoms. The van der Waals surface area contributed by atoms with Crippen molar-refractivity contribution in [1.82, 2.24) is 4.98 Å². The van der Waals surface area contributed by atoms with Crippen LogP contribution in [0.2, 0.25) is 0 Å². The molecule has 164 valence electrons. The van der Waals surface area contributed by atoms with E-state index in [1.54, 1.807) is 18.5 Å². The molecule has 1 heterocycles. The van der Waals surface area contributed by atoms with E-state index in [0.717, 1.165) is 5.56 Å². The van der Waals surface area contributed by atoms with E-state index in [1.165, 1.54) is 0 Å². The molecule has 0 unspecified atom stereocenters. The average molecular weight is 732 g/mol. The molecule has 0 saturated carbocycles. The van der Waals surface area contributed by atoms with Gasteiger partial charge in [0, 0.05) is 18.8 Å². The van der Waals surface area contributed by atoms with Crippen LogP contribution in [0, 0.1) is 7.43 Å². The number of hydrogen-bond donors (Lipinski definition) is 1. The number of rotatable bonds is 3. The number of pyridine rings is 1. The van der Waals surface area contributed by atoms with Crippen molar-refractivity contribution < 1.29 is 47.0 Å². The SMILES string of the molecule is O.O=C(O)CCc1cccnc1.[CH3-].[Cl][Pt+2][Cl].[Cl][Ru][Cl].[NH2-].[NH2-].c1ccccc1. The minimum Gasteiger partial charge on any atom is -0.693 e. The van der Waals surface area contributed by atoms with Crippen molar-refractivity contribution in [2.45, 2.75) is 12.8 Å². The van der Waals surface area contributed by atoms with E-state index in [1.807, 2.05) is 42.5 Å². The Hall–Kier alpha value is 0.192. The van der Waals surface area contributed by atoms with Crippen molar-refractivity contribution in [3.05, 3.63) is 86.2 Å². The second-order valence-corrected chi connectivity index (χ2v) is 9.43. The van der Waals surface area contributed by atoms with Crippen LogP contribution in [-0.4, -0.2) is 21.5 Å². The van der Waals surface area contributed by atoms with Crippen molar-refractivity contribution in [3.63, 3.8) is 0 Å². The number of aryl methyl sites for hydroxylation is 1. The summed E-state index contributed by atoms with van der Waals surface area (Å²) in [7, 11) is 19.5. The molecule has 0 aliphatic carbocycles. The number of hydrogen-bond acceptors (Lipinski definition) is 2. The molecule has 0 atom stereocenters. The van der Waals surface area contributed by atoms with Crippen LogP contribution >= 0.6 is 38.2 Å². The number of nitrogens with two attached hydrogens (primary N) is 2. The summed E-state index contributed by atoms with van der Waals surface area (Å²) in [6.45, 7) is 0.